The molecule has 0 aliphatic heterocycles. The molecule has 1 heterocycles. The molecule has 0 saturated carbocycles. The number of benzene rings is 1. The first-order valence-electron chi connectivity index (χ1n) is 6.35. The maximum atomic E-state index is 11.8. The van der Waals surface area contributed by atoms with Gasteiger partial charge in [-0.15, -0.1) is 6.58 Å². The lowest BCUT2D eigenvalue weighted by Crippen LogP contribution is -2.24. The molecule has 6 heteroatoms. The number of hydrogen-bond acceptors (Lipinski definition) is 4. The van der Waals surface area contributed by atoms with E-state index in [4.69, 9.17) is 11.6 Å². The zero-order valence-electron chi connectivity index (χ0n) is 11.6. The molecule has 1 aromatic carbocycles. The molecule has 0 fully saturated rings. The van der Waals surface area contributed by atoms with E-state index < -0.39 is 0 Å². The van der Waals surface area contributed by atoms with E-state index in [0.29, 0.717) is 17.4 Å². The van der Waals surface area contributed by atoms with Gasteiger partial charge in [-0.1, -0.05) is 23.7 Å². The van der Waals surface area contributed by atoms with Gasteiger partial charge in [0.15, 0.2) is 0 Å². The molecule has 0 atom stereocenters. The highest BCUT2D eigenvalue weighted by Crippen LogP contribution is 2.25. The molecule has 1 aromatic heterocycles. The van der Waals surface area contributed by atoms with Crippen molar-refractivity contribution >= 4 is 29.0 Å². The Labute approximate surface area is 128 Å². The van der Waals surface area contributed by atoms with E-state index in [9.17, 15) is 4.79 Å². The van der Waals surface area contributed by atoms with Crippen molar-refractivity contribution in [2.24, 2.45) is 0 Å². The van der Waals surface area contributed by atoms with E-state index in [-0.39, 0.29) is 11.6 Å². The monoisotopic (exact) mass is 302 g/mol. The molecular formula is C15H15ClN4O. The summed E-state index contributed by atoms with van der Waals surface area (Å²) >= 11 is 6.07. The van der Waals surface area contributed by atoms with Crippen LogP contribution in [0.4, 0.5) is 11.5 Å². The van der Waals surface area contributed by atoms with E-state index in [1.807, 2.05) is 25.1 Å². The minimum absolute atomic E-state index is 0.275. The maximum Gasteiger partial charge on any atom is 0.270 e. The van der Waals surface area contributed by atoms with Crippen LogP contribution in [0.5, 0.6) is 0 Å². The van der Waals surface area contributed by atoms with Crippen LogP contribution in [0.25, 0.3) is 0 Å². The van der Waals surface area contributed by atoms with Gasteiger partial charge in [0.1, 0.15) is 17.8 Å². The van der Waals surface area contributed by atoms with Crippen LogP contribution >= 0.6 is 11.6 Å². The van der Waals surface area contributed by atoms with Gasteiger partial charge in [-0.05, 0) is 24.6 Å². The molecule has 0 spiro atoms. The van der Waals surface area contributed by atoms with Gasteiger partial charge >= 0.3 is 0 Å². The normalized spacial score (nSPS) is 10.0. The number of amides is 1. The maximum absolute atomic E-state index is 11.8. The molecule has 2 aromatic rings. The third-order valence-electron chi connectivity index (χ3n) is 2.84. The molecule has 0 aliphatic carbocycles. The van der Waals surface area contributed by atoms with Gasteiger partial charge in [0.25, 0.3) is 5.91 Å². The largest absolute Gasteiger partial charge is 0.347 e. The number of aromatic nitrogens is 2. The van der Waals surface area contributed by atoms with Crippen molar-refractivity contribution in [2.45, 2.75) is 6.92 Å². The van der Waals surface area contributed by atoms with Crippen molar-refractivity contribution in [1.82, 2.24) is 15.3 Å². The van der Waals surface area contributed by atoms with Crippen molar-refractivity contribution < 1.29 is 4.79 Å². The van der Waals surface area contributed by atoms with Crippen LogP contribution in [0.1, 0.15) is 16.1 Å². The summed E-state index contributed by atoms with van der Waals surface area (Å²) < 4.78 is 0. The summed E-state index contributed by atoms with van der Waals surface area (Å²) in [6.45, 7) is 5.84. The van der Waals surface area contributed by atoms with Crippen LogP contribution < -0.4 is 10.6 Å². The molecule has 0 bridgehead atoms. The molecule has 0 saturated heterocycles. The summed E-state index contributed by atoms with van der Waals surface area (Å²) in [5.41, 5.74) is 2.03. The average Bonchev–Trinajstić information content (AvgIpc) is 2.50. The lowest BCUT2D eigenvalue weighted by atomic mass is 10.2. The second-order valence-corrected chi connectivity index (χ2v) is 4.73. The van der Waals surface area contributed by atoms with Gasteiger partial charge in [-0.3, -0.25) is 4.79 Å². The third-order valence-corrected chi connectivity index (χ3v) is 3.25. The fourth-order valence-electron chi connectivity index (χ4n) is 1.69. The quantitative estimate of drug-likeness (QED) is 0.833. The molecule has 21 heavy (non-hydrogen) atoms. The SMILES string of the molecule is C=CCNC(=O)c1cc(Nc2cccc(Cl)c2C)ncn1. The third kappa shape index (κ3) is 3.79. The molecule has 2 N–H and O–H groups in total. The Bertz CT molecular complexity index is 672. The van der Waals surface area contributed by atoms with E-state index >= 15 is 0 Å². The fraction of sp³-hybridized carbons (Fsp3) is 0.133. The summed E-state index contributed by atoms with van der Waals surface area (Å²) in [6, 6.07) is 7.13. The van der Waals surface area contributed by atoms with Crippen LogP contribution in [0.15, 0.2) is 43.2 Å². The van der Waals surface area contributed by atoms with Gasteiger partial charge in [0, 0.05) is 23.3 Å². The van der Waals surface area contributed by atoms with E-state index in [1.165, 1.54) is 6.33 Å². The van der Waals surface area contributed by atoms with Gasteiger partial charge in [-0.2, -0.15) is 0 Å². The second kappa shape index (κ2) is 6.85. The van der Waals surface area contributed by atoms with Crippen molar-refractivity contribution in [2.75, 3.05) is 11.9 Å². The number of rotatable bonds is 5. The lowest BCUT2D eigenvalue weighted by molar-refractivity contribution is 0.0953. The summed E-state index contributed by atoms with van der Waals surface area (Å²) in [5, 5.41) is 6.46. The number of halogens is 1. The van der Waals surface area contributed by atoms with Crippen molar-refractivity contribution in [3.8, 4) is 0 Å². The van der Waals surface area contributed by atoms with Crippen LogP contribution in [0.3, 0.4) is 0 Å². The number of nitrogens with zero attached hydrogens (tertiary/aromatic N) is 2. The van der Waals surface area contributed by atoms with Gasteiger partial charge < -0.3 is 10.6 Å². The molecule has 1 amide bonds. The minimum atomic E-state index is -0.275. The Morgan fingerprint density at radius 2 is 2.24 bits per heavy atom. The molecule has 0 aliphatic rings. The Hall–Kier alpha value is -2.40. The molecule has 5 nitrogen and oxygen atoms in total. The van der Waals surface area contributed by atoms with E-state index in [2.05, 4.69) is 27.2 Å². The van der Waals surface area contributed by atoms with Crippen molar-refractivity contribution in [3.63, 3.8) is 0 Å². The van der Waals surface area contributed by atoms with Crippen molar-refractivity contribution in [1.29, 1.82) is 0 Å². The second-order valence-electron chi connectivity index (χ2n) is 4.32. The Morgan fingerprint density at radius 3 is 3.00 bits per heavy atom. The number of carbonyl (C=O) groups excluding carboxylic acids is 1. The van der Waals surface area contributed by atoms with Gasteiger partial charge in [-0.25, -0.2) is 9.97 Å². The standard InChI is InChI=1S/C15H15ClN4O/c1-3-7-17-15(21)13-8-14(19-9-18-13)20-12-6-4-5-11(16)10(12)2/h3-6,8-9H,1,7H2,2H3,(H,17,21)(H,18,19,20). The smallest absolute Gasteiger partial charge is 0.270 e. The summed E-state index contributed by atoms with van der Waals surface area (Å²) in [5.74, 6) is 0.252. The Balaban J connectivity index is 2.19. The Morgan fingerprint density at radius 1 is 1.43 bits per heavy atom. The topological polar surface area (TPSA) is 66.9 Å². The van der Waals surface area contributed by atoms with Crippen molar-refractivity contribution in [3.05, 3.63) is 59.5 Å². The van der Waals surface area contributed by atoms with Gasteiger partial charge in [0.2, 0.25) is 0 Å². The van der Waals surface area contributed by atoms with Crippen LogP contribution in [-0.2, 0) is 0 Å². The summed E-state index contributed by atoms with van der Waals surface area (Å²) in [4.78, 5) is 19.9. The number of hydrogen-bond donors (Lipinski definition) is 2. The predicted octanol–water partition coefficient (Wildman–Crippen LogP) is 3.10. The van der Waals surface area contributed by atoms with Crippen LogP contribution in [0.2, 0.25) is 5.02 Å². The van der Waals surface area contributed by atoms with Crippen LogP contribution in [0, 0.1) is 6.92 Å². The highest BCUT2D eigenvalue weighted by atomic mass is 35.5. The molecule has 0 unspecified atom stereocenters. The molecule has 0 radical (unpaired) electrons. The van der Waals surface area contributed by atoms with E-state index in [0.717, 1.165) is 11.3 Å². The first-order chi connectivity index (χ1) is 10.1. The first-order valence-corrected chi connectivity index (χ1v) is 6.73. The first kappa shape index (κ1) is 15.0. The number of carbonyl (C=O) groups is 1. The average molecular weight is 303 g/mol. The molecular weight excluding hydrogens is 288 g/mol. The summed E-state index contributed by atoms with van der Waals surface area (Å²) in [7, 11) is 0. The minimum Gasteiger partial charge on any atom is -0.347 e. The number of nitrogens with one attached hydrogen (secondary N) is 2. The lowest BCUT2D eigenvalue weighted by Gasteiger charge is -2.10. The zero-order chi connectivity index (χ0) is 15.2. The zero-order valence-corrected chi connectivity index (χ0v) is 12.3. The molecule has 108 valence electrons. The van der Waals surface area contributed by atoms with Gasteiger partial charge in [0.05, 0.1) is 0 Å². The Kier molecular flexibility index (Phi) is 4.90. The highest BCUT2D eigenvalue weighted by molar-refractivity contribution is 6.31. The van der Waals surface area contributed by atoms with Crippen LogP contribution in [-0.4, -0.2) is 22.4 Å². The fourth-order valence-corrected chi connectivity index (χ4v) is 1.86. The summed E-state index contributed by atoms with van der Waals surface area (Å²) in [6.07, 6.45) is 2.94. The van der Waals surface area contributed by atoms with E-state index in [1.54, 1.807) is 12.1 Å². The molecule has 2 rings (SSSR count). The number of anilines is 2. The highest BCUT2D eigenvalue weighted by Gasteiger charge is 2.09. The predicted molar refractivity (Wildman–Crippen MR) is 84.0 cm³/mol.